The Balaban J connectivity index is 1.33. The molecular weight excluding hydrogens is 410 g/mol. The fraction of sp³-hybridized carbons (Fsp3) is 0.458. The van der Waals surface area contributed by atoms with Crippen molar-refractivity contribution in [3.63, 3.8) is 0 Å². The summed E-state index contributed by atoms with van der Waals surface area (Å²) in [5.74, 6) is 0.517. The van der Waals surface area contributed by atoms with Gasteiger partial charge in [0.15, 0.2) is 0 Å². The van der Waals surface area contributed by atoms with Gasteiger partial charge in [-0.25, -0.2) is 8.42 Å². The van der Waals surface area contributed by atoms with Gasteiger partial charge < -0.3 is 10.2 Å². The largest absolute Gasteiger partial charge is 0.371 e. The number of piperidine rings is 1. The number of anilines is 1. The van der Waals surface area contributed by atoms with Crippen LogP contribution in [0.1, 0.15) is 48.5 Å². The van der Waals surface area contributed by atoms with E-state index in [4.69, 9.17) is 0 Å². The van der Waals surface area contributed by atoms with Gasteiger partial charge in [0, 0.05) is 44.0 Å². The van der Waals surface area contributed by atoms with Crippen LogP contribution in [0.4, 0.5) is 5.69 Å². The molecule has 1 amide bonds. The maximum absolute atomic E-state index is 12.6. The molecule has 7 heteroatoms. The fourth-order valence-corrected chi connectivity index (χ4v) is 5.91. The minimum absolute atomic E-state index is 0.209. The van der Waals surface area contributed by atoms with E-state index in [9.17, 15) is 13.2 Å². The molecule has 0 unspecified atom stereocenters. The molecule has 2 aromatic rings. The van der Waals surface area contributed by atoms with Gasteiger partial charge in [0.2, 0.25) is 10.0 Å². The van der Waals surface area contributed by atoms with Crippen molar-refractivity contribution < 1.29 is 13.2 Å². The summed E-state index contributed by atoms with van der Waals surface area (Å²) in [4.78, 5) is 15.2. The molecule has 2 fully saturated rings. The van der Waals surface area contributed by atoms with E-state index < -0.39 is 10.0 Å². The Morgan fingerprint density at radius 2 is 1.65 bits per heavy atom. The molecule has 0 spiro atoms. The summed E-state index contributed by atoms with van der Waals surface area (Å²) in [6.07, 6.45) is 4.33. The standard InChI is InChI=1S/C24H31N3O3S/c1-19-5-4-14-26(18-19)22-10-6-20(7-11-22)17-25-24(28)21-8-12-23(13-9-21)31(29,30)27-15-2-3-16-27/h6-13,19H,2-5,14-18H2,1H3,(H,25,28)/t19-/m0/s1. The van der Waals surface area contributed by atoms with Crippen molar-refractivity contribution in [3.05, 3.63) is 59.7 Å². The molecule has 2 aliphatic rings. The Morgan fingerprint density at radius 3 is 2.29 bits per heavy atom. The Morgan fingerprint density at radius 1 is 0.968 bits per heavy atom. The monoisotopic (exact) mass is 441 g/mol. The van der Waals surface area contributed by atoms with Gasteiger partial charge in [0.05, 0.1) is 4.90 Å². The highest BCUT2D eigenvalue weighted by Crippen LogP contribution is 2.23. The van der Waals surface area contributed by atoms with Crippen LogP contribution in [-0.4, -0.2) is 44.8 Å². The second kappa shape index (κ2) is 9.40. The normalized spacial score (nSPS) is 20.0. The van der Waals surface area contributed by atoms with E-state index in [1.165, 1.54) is 35.0 Å². The van der Waals surface area contributed by atoms with Gasteiger partial charge in [0.25, 0.3) is 5.91 Å². The first kappa shape index (κ1) is 21.8. The maximum atomic E-state index is 12.6. The number of nitrogens with zero attached hydrogens (tertiary/aromatic N) is 2. The smallest absolute Gasteiger partial charge is 0.251 e. The van der Waals surface area contributed by atoms with Crippen molar-refractivity contribution in [1.29, 1.82) is 0 Å². The van der Waals surface area contributed by atoms with Crippen LogP contribution in [0.15, 0.2) is 53.4 Å². The number of carbonyl (C=O) groups excluding carboxylic acids is 1. The topological polar surface area (TPSA) is 69.7 Å². The zero-order valence-electron chi connectivity index (χ0n) is 18.1. The number of sulfonamides is 1. The van der Waals surface area contributed by atoms with Crippen LogP contribution < -0.4 is 10.2 Å². The van der Waals surface area contributed by atoms with E-state index in [-0.39, 0.29) is 10.8 Å². The maximum Gasteiger partial charge on any atom is 0.251 e. The van der Waals surface area contributed by atoms with Gasteiger partial charge in [-0.2, -0.15) is 4.31 Å². The molecule has 6 nitrogen and oxygen atoms in total. The molecule has 0 saturated carbocycles. The van der Waals surface area contributed by atoms with E-state index in [0.717, 1.165) is 37.4 Å². The molecule has 4 rings (SSSR count). The van der Waals surface area contributed by atoms with Crippen LogP contribution in [0.5, 0.6) is 0 Å². The van der Waals surface area contributed by atoms with Crippen LogP contribution in [0.25, 0.3) is 0 Å². The van der Waals surface area contributed by atoms with Crippen molar-refractivity contribution in [1.82, 2.24) is 9.62 Å². The number of carbonyl (C=O) groups is 1. The molecule has 0 aromatic heterocycles. The van der Waals surface area contributed by atoms with Crippen LogP contribution >= 0.6 is 0 Å². The first-order valence-electron chi connectivity index (χ1n) is 11.2. The zero-order valence-corrected chi connectivity index (χ0v) is 18.9. The molecule has 0 aliphatic carbocycles. The van der Waals surface area contributed by atoms with Crippen molar-refractivity contribution in [3.8, 4) is 0 Å². The van der Waals surface area contributed by atoms with Crippen molar-refractivity contribution in [2.45, 2.75) is 44.0 Å². The highest BCUT2D eigenvalue weighted by Gasteiger charge is 2.27. The van der Waals surface area contributed by atoms with E-state index in [1.54, 1.807) is 12.1 Å². The second-order valence-corrected chi connectivity index (χ2v) is 10.6. The molecule has 2 aromatic carbocycles. The molecule has 1 atom stereocenters. The van der Waals surface area contributed by atoms with E-state index in [2.05, 4.69) is 41.4 Å². The average molecular weight is 442 g/mol. The fourth-order valence-electron chi connectivity index (χ4n) is 4.39. The number of nitrogens with one attached hydrogen (secondary N) is 1. The van der Waals surface area contributed by atoms with Gasteiger partial charge >= 0.3 is 0 Å². The summed E-state index contributed by atoms with van der Waals surface area (Å²) in [5, 5.41) is 2.92. The second-order valence-electron chi connectivity index (χ2n) is 8.68. The van der Waals surface area contributed by atoms with Gasteiger partial charge in [-0.15, -0.1) is 0 Å². The first-order valence-corrected chi connectivity index (χ1v) is 12.6. The van der Waals surface area contributed by atoms with Crippen molar-refractivity contribution in [2.75, 3.05) is 31.1 Å². The lowest BCUT2D eigenvalue weighted by atomic mass is 9.99. The predicted octanol–water partition coefficient (Wildman–Crippen LogP) is 3.64. The van der Waals surface area contributed by atoms with Crippen LogP contribution in [0, 0.1) is 5.92 Å². The molecule has 2 aliphatic heterocycles. The summed E-state index contributed by atoms with van der Waals surface area (Å²) in [6, 6.07) is 14.6. The summed E-state index contributed by atoms with van der Waals surface area (Å²) in [7, 11) is -3.46. The number of hydrogen-bond donors (Lipinski definition) is 1. The number of rotatable bonds is 6. The molecule has 2 heterocycles. The van der Waals surface area contributed by atoms with E-state index in [0.29, 0.717) is 25.2 Å². The minimum Gasteiger partial charge on any atom is -0.371 e. The van der Waals surface area contributed by atoms with Gasteiger partial charge in [-0.1, -0.05) is 19.1 Å². The van der Waals surface area contributed by atoms with Crippen molar-refractivity contribution >= 4 is 21.6 Å². The van der Waals surface area contributed by atoms with Gasteiger partial charge in [0.1, 0.15) is 0 Å². The minimum atomic E-state index is -3.46. The zero-order chi connectivity index (χ0) is 21.8. The summed E-state index contributed by atoms with van der Waals surface area (Å²) in [5.41, 5.74) is 2.73. The third-order valence-corrected chi connectivity index (χ3v) is 8.14. The number of benzene rings is 2. The summed E-state index contributed by atoms with van der Waals surface area (Å²) in [6.45, 7) is 6.07. The number of amides is 1. The molecular formula is C24H31N3O3S. The SMILES string of the molecule is C[C@H]1CCCN(c2ccc(CNC(=O)c3ccc(S(=O)(=O)N4CCCC4)cc3)cc2)C1. The Kier molecular flexibility index (Phi) is 6.62. The van der Waals surface area contributed by atoms with E-state index >= 15 is 0 Å². The van der Waals surface area contributed by atoms with E-state index in [1.807, 2.05) is 0 Å². The average Bonchev–Trinajstić information content (AvgIpc) is 3.34. The lowest BCUT2D eigenvalue weighted by Gasteiger charge is -2.32. The molecule has 0 radical (unpaired) electrons. The predicted molar refractivity (Wildman–Crippen MR) is 123 cm³/mol. The Hall–Kier alpha value is -2.38. The third kappa shape index (κ3) is 5.10. The first-order chi connectivity index (χ1) is 14.9. The molecule has 1 N–H and O–H groups in total. The molecule has 31 heavy (non-hydrogen) atoms. The van der Waals surface area contributed by atoms with Crippen LogP contribution in [-0.2, 0) is 16.6 Å². The van der Waals surface area contributed by atoms with Gasteiger partial charge in [-0.05, 0) is 73.6 Å². The van der Waals surface area contributed by atoms with Gasteiger partial charge in [-0.3, -0.25) is 4.79 Å². The highest BCUT2D eigenvalue weighted by atomic mass is 32.2. The van der Waals surface area contributed by atoms with Crippen LogP contribution in [0.3, 0.4) is 0 Å². The quantitative estimate of drug-likeness (QED) is 0.743. The summed E-state index contributed by atoms with van der Waals surface area (Å²) >= 11 is 0. The highest BCUT2D eigenvalue weighted by molar-refractivity contribution is 7.89. The molecule has 166 valence electrons. The van der Waals surface area contributed by atoms with Crippen molar-refractivity contribution in [2.24, 2.45) is 5.92 Å². The lowest BCUT2D eigenvalue weighted by molar-refractivity contribution is 0.0951. The Bertz CT molecular complexity index is 997. The van der Waals surface area contributed by atoms with Crippen LogP contribution in [0.2, 0.25) is 0 Å². The molecule has 0 bridgehead atoms. The third-order valence-electron chi connectivity index (χ3n) is 6.23. The number of hydrogen-bond acceptors (Lipinski definition) is 4. The summed E-state index contributed by atoms with van der Waals surface area (Å²) < 4.78 is 26.7. The Labute approximate surface area is 185 Å². The lowest BCUT2D eigenvalue weighted by Crippen LogP contribution is -2.34. The molecule has 2 saturated heterocycles.